The summed E-state index contributed by atoms with van der Waals surface area (Å²) >= 11 is 0. The predicted molar refractivity (Wildman–Crippen MR) is 147 cm³/mol. The molecule has 1 aromatic heterocycles. The van der Waals surface area contributed by atoms with E-state index in [9.17, 15) is 37.4 Å². The molecule has 0 spiro atoms. The molecule has 0 aliphatic carbocycles. The van der Waals surface area contributed by atoms with Crippen LogP contribution in [-0.2, 0) is 24.4 Å². The number of hydrogen-bond donors (Lipinski definition) is 5. The third-order valence-corrected chi connectivity index (χ3v) is 6.34. The van der Waals surface area contributed by atoms with Gasteiger partial charge in [0.1, 0.15) is 5.82 Å². The van der Waals surface area contributed by atoms with Crippen molar-refractivity contribution in [2.75, 3.05) is 17.6 Å². The average Bonchev–Trinajstić information content (AvgIpc) is 2.85. The van der Waals surface area contributed by atoms with Gasteiger partial charge in [-0.2, -0.15) is 0 Å². The third kappa shape index (κ3) is 12.2. The Bertz CT molecular complexity index is 1380. The molecule has 2 aromatic rings. The van der Waals surface area contributed by atoms with Gasteiger partial charge in [-0.1, -0.05) is 26.0 Å². The van der Waals surface area contributed by atoms with Crippen LogP contribution < -0.4 is 4.31 Å². The molecule has 0 fully saturated rings. The Kier molecular flexibility index (Phi) is 13.2. The second-order valence-corrected chi connectivity index (χ2v) is 11.0. The zero-order valence-electron chi connectivity index (χ0n) is 22.7. The summed E-state index contributed by atoms with van der Waals surface area (Å²) < 4.78 is 38.6. The van der Waals surface area contributed by atoms with Crippen LogP contribution in [0.5, 0.6) is 0 Å². The molecular weight excluding hydrogens is 565 g/mol. The molecule has 2 atom stereocenters. The molecule has 13 nitrogen and oxygen atoms in total. The van der Waals surface area contributed by atoms with Crippen molar-refractivity contribution < 1.29 is 52.7 Å². The molecule has 0 unspecified atom stereocenters. The van der Waals surface area contributed by atoms with Crippen LogP contribution in [0.4, 0.5) is 10.3 Å². The van der Waals surface area contributed by atoms with E-state index in [0.29, 0.717) is 34.7 Å². The Labute approximate surface area is 236 Å². The van der Waals surface area contributed by atoms with E-state index >= 15 is 0 Å². The number of aliphatic hydroxyl groups excluding tert-OH is 2. The van der Waals surface area contributed by atoms with E-state index in [1.54, 1.807) is 0 Å². The minimum atomic E-state index is -3.65. The first-order valence-electron chi connectivity index (χ1n) is 11.9. The van der Waals surface area contributed by atoms with Gasteiger partial charge in [0.2, 0.25) is 16.0 Å². The number of rotatable bonds is 12. The van der Waals surface area contributed by atoms with Crippen molar-refractivity contribution >= 4 is 40.0 Å². The Morgan fingerprint density at radius 1 is 1.00 bits per heavy atom. The molecule has 1 heterocycles. The molecule has 0 amide bonds. The summed E-state index contributed by atoms with van der Waals surface area (Å²) in [6.07, 6.45) is 1.98. The fourth-order valence-corrected chi connectivity index (χ4v) is 3.57. The molecule has 0 aliphatic heterocycles. The maximum Gasteiger partial charge on any atom is 0.328 e. The van der Waals surface area contributed by atoms with E-state index in [-0.39, 0.29) is 18.3 Å². The minimum Gasteiger partial charge on any atom is -0.481 e. The molecule has 0 saturated carbocycles. The summed E-state index contributed by atoms with van der Waals surface area (Å²) in [6.45, 7) is 3.71. The van der Waals surface area contributed by atoms with E-state index < -0.39 is 52.4 Å². The molecule has 0 aliphatic rings. The molecule has 0 saturated heterocycles. The number of aliphatic carboxylic acids is 3. The van der Waals surface area contributed by atoms with Crippen LogP contribution in [0.1, 0.15) is 43.9 Å². The number of hydrogen-bond acceptors (Lipinski definition) is 9. The molecule has 224 valence electrons. The predicted octanol–water partition coefficient (Wildman–Crippen LogP) is 2.11. The molecule has 41 heavy (non-hydrogen) atoms. The Hall–Kier alpha value is -4.21. The van der Waals surface area contributed by atoms with Crippen LogP contribution >= 0.6 is 0 Å². The zero-order valence-corrected chi connectivity index (χ0v) is 23.5. The number of carboxylic acid groups (broad SMARTS) is 3. The van der Waals surface area contributed by atoms with Crippen molar-refractivity contribution in [3.63, 3.8) is 0 Å². The second-order valence-electron chi connectivity index (χ2n) is 8.99. The van der Waals surface area contributed by atoms with Gasteiger partial charge in [0, 0.05) is 36.7 Å². The first-order chi connectivity index (χ1) is 18.9. The summed E-state index contributed by atoms with van der Waals surface area (Å²) in [7, 11) is -2.33. The fraction of sp³-hybridized carbons (Fsp3) is 0.346. The minimum absolute atomic E-state index is 0.0601. The van der Waals surface area contributed by atoms with Crippen LogP contribution in [0, 0.1) is 5.82 Å². The Morgan fingerprint density at radius 3 is 1.98 bits per heavy atom. The van der Waals surface area contributed by atoms with Crippen LogP contribution in [0.2, 0.25) is 0 Å². The maximum atomic E-state index is 13.5. The topological polar surface area (TPSA) is 216 Å². The first-order valence-corrected chi connectivity index (χ1v) is 13.8. The zero-order chi connectivity index (χ0) is 31.5. The molecule has 15 heteroatoms. The molecule has 5 N–H and O–H groups in total. The maximum absolute atomic E-state index is 13.5. The summed E-state index contributed by atoms with van der Waals surface area (Å²) in [5.74, 6) is -4.38. The largest absolute Gasteiger partial charge is 0.481 e. The number of aliphatic hydroxyl groups is 2. The number of benzene rings is 1. The number of halogens is 1. The van der Waals surface area contributed by atoms with Crippen molar-refractivity contribution in [3.8, 4) is 11.3 Å². The van der Waals surface area contributed by atoms with Crippen LogP contribution in [-0.4, -0.2) is 87.3 Å². The highest BCUT2D eigenvalue weighted by molar-refractivity contribution is 7.92. The quantitative estimate of drug-likeness (QED) is 0.222. The molecule has 0 bridgehead atoms. The average molecular weight is 598 g/mol. The summed E-state index contributed by atoms with van der Waals surface area (Å²) in [5.41, 5.74) is 1.80. The smallest absolute Gasteiger partial charge is 0.328 e. The lowest BCUT2D eigenvalue weighted by molar-refractivity contribution is -0.139. The van der Waals surface area contributed by atoms with Crippen molar-refractivity contribution in [2.24, 2.45) is 0 Å². The number of aromatic nitrogens is 2. The number of carbonyl (C=O) groups is 3. The summed E-state index contributed by atoms with van der Waals surface area (Å²) in [6, 6.07) is 5.49. The number of nitrogens with zero attached hydrogens (tertiary/aromatic N) is 3. The normalized spacial score (nSPS) is 13.1. The van der Waals surface area contributed by atoms with Crippen LogP contribution in [0.25, 0.3) is 17.3 Å². The SMILES string of the molecule is CC(C)c1nc(N(C)S(C)(=O)=O)nc(-c2ccc(F)cc2)c1/C=C/[C@@H](O)C[C@@H](O)CC(=O)O.O=C(O)/C=C\C(=O)O. The van der Waals surface area contributed by atoms with Crippen molar-refractivity contribution in [2.45, 2.75) is 44.8 Å². The van der Waals surface area contributed by atoms with Crippen molar-refractivity contribution in [1.82, 2.24) is 9.97 Å². The fourth-order valence-electron chi connectivity index (χ4n) is 3.19. The molecule has 1 aromatic carbocycles. The van der Waals surface area contributed by atoms with Gasteiger partial charge in [-0.25, -0.2) is 36.7 Å². The lowest BCUT2D eigenvalue weighted by Crippen LogP contribution is -2.27. The van der Waals surface area contributed by atoms with Gasteiger partial charge in [0.05, 0.1) is 36.3 Å². The Morgan fingerprint density at radius 2 is 1.54 bits per heavy atom. The molecular formula is C26H32FN3O10S. The second kappa shape index (κ2) is 15.5. The van der Waals surface area contributed by atoms with Gasteiger partial charge < -0.3 is 25.5 Å². The van der Waals surface area contributed by atoms with Gasteiger partial charge in [0.15, 0.2) is 0 Å². The van der Waals surface area contributed by atoms with Crippen LogP contribution in [0.3, 0.4) is 0 Å². The van der Waals surface area contributed by atoms with Crippen molar-refractivity contribution in [1.29, 1.82) is 0 Å². The van der Waals surface area contributed by atoms with E-state index in [4.69, 9.17) is 15.3 Å². The number of carboxylic acids is 3. The van der Waals surface area contributed by atoms with Gasteiger partial charge in [0.25, 0.3) is 0 Å². The summed E-state index contributed by atoms with van der Waals surface area (Å²) in [4.78, 5) is 38.7. The monoisotopic (exact) mass is 597 g/mol. The van der Waals surface area contributed by atoms with E-state index in [0.717, 1.165) is 10.6 Å². The standard InChI is InChI=1S/C22H28FN3O6S.C4H4O4/c1-13(2)20-18(10-9-16(27)11-17(28)12-19(29)30)21(14-5-7-15(23)8-6-14)25-22(24-20)26(3)33(4,31)32;5-3(6)1-2-4(7)8/h5-10,13,16-17,27-28H,11-12H2,1-4H3,(H,29,30);1-2H,(H,5,6)(H,7,8)/b10-9+;2-1-/t16-,17-;/m1./s1. The first kappa shape index (κ1) is 34.8. The highest BCUT2D eigenvalue weighted by Crippen LogP contribution is 2.31. The molecule has 2 rings (SSSR count). The number of sulfonamides is 1. The van der Waals surface area contributed by atoms with Crippen LogP contribution in [0.15, 0.2) is 42.5 Å². The van der Waals surface area contributed by atoms with E-state index in [2.05, 4.69) is 9.97 Å². The number of anilines is 1. The lowest BCUT2D eigenvalue weighted by Gasteiger charge is -2.20. The van der Waals surface area contributed by atoms with E-state index in [1.165, 1.54) is 43.5 Å². The summed E-state index contributed by atoms with van der Waals surface area (Å²) in [5, 5.41) is 44.4. The highest BCUT2D eigenvalue weighted by Gasteiger charge is 2.22. The van der Waals surface area contributed by atoms with E-state index in [1.807, 2.05) is 13.8 Å². The van der Waals surface area contributed by atoms with Gasteiger partial charge in [-0.05, 0) is 30.2 Å². The lowest BCUT2D eigenvalue weighted by atomic mass is 9.97. The molecule has 0 radical (unpaired) electrons. The van der Waals surface area contributed by atoms with Crippen molar-refractivity contribution in [3.05, 3.63) is 59.6 Å². The highest BCUT2D eigenvalue weighted by atomic mass is 32.2. The van der Waals surface area contributed by atoms with Gasteiger partial charge in [-0.3, -0.25) is 4.79 Å². The van der Waals surface area contributed by atoms with Gasteiger partial charge >= 0.3 is 17.9 Å². The Balaban J connectivity index is 0.000000915. The van der Waals surface area contributed by atoms with Gasteiger partial charge in [-0.15, -0.1) is 0 Å². The third-order valence-electron chi connectivity index (χ3n) is 5.18.